The highest BCUT2D eigenvalue weighted by Gasteiger charge is 2.13. The molecule has 0 unspecified atom stereocenters. The number of carbonyl (C=O) groups is 1. The van der Waals surface area contributed by atoms with E-state index in [9.17, 15) is 4.79 Å². The normalized spacial score (nSPS) is 17.7. The molecule has 0 aliphatic heterocycles. The summed E-state index contributed by atoms with van der Waals surface area (Å²) in [5.41, 5.74) is 1.71. The quantitative estimate of drug-likeness (QED) is 0.674. The third-order valence-electron chi connectivity index (χ3n) is 3.52. The van der Waals surface area contributed by atoms with Crippen molar-refractivity contribution in [3.8, 4) is 11.5 Å². The van der Waals surface area contributed by atoms with Gasteiger partial charge in [-0.1, -0.05) is 6.42 Å². The number of nitrogens with one attached hydrogen (secondary N) is 1. The second-order valence-corrected chi connectivity index (χ2v) is 4.86. The van der Waals surface area contributed by atoms with Crippen LogP contribution in [0.5, 0.6) is 11.5 Å². The molecule has 0 atom stereocenters. The predicted molar refractivity (Wildman–Crippen MR) is 79.3 cm³/mol. The number of carbonyl (C=O) groups excluding carboxylic acids is 1. The van der Waals surface area contributed by atoms with Crippen LogP contribution in [-0.4, -0.2) is 20.0 Å². The Bertz CT molecular complexity index is 508. The molecular formula is C16H21NO3. The first kappa shape index (κ1) is 14.4. The number of Topliss-reactive ketones (excluding diaryl/α,β-unsaturated/α-hetero) is 1. The molecule has 0 amide bonds. The van der Waals surface area contributed by atoms with Crippen LogP contribution >= 0.6 is 0 Å². The maximum atomic E-state index is 11.9. The predicted octanol–water partition coefficient (Wildman–Crippen LogP) is 3.53. The van der Waals surface area contributed by atoms with Crippen molar-refractivity contribution in [2.45, 2.75) is 32.1 Å². The molecule has 4 heteroatoms. The molecule has 0 bridgehead atoms. The zero-order valence-electron chi connectivity index (χ0n) is 12.1. The Morgan fingerprint density at radius 2 is 1.90 bits per heavy atom. The SMILES string of the molecule is COc1ccc(N/C=C2\CCCCCC2=O)c(OC)c1. The maximum absolute atomic E-state index is 11.9. The Hall–Kier alpha value is -1.97. The van der Waals surface area contributed by atoms with Crippen LogP contribution in [0.2, 0.25) is 0 Å². The summed E-state index contributed by atoms with van der Waals surface area (Å²) in [6.07, 6.45) is 6.55. The molecule has 108 valence electrons. The highest BCUT2D eigenvalue weighted by Crippen LogP contribution is 2.29. The van der Waals surface area contributed by atoms with Crippen molar-refractivity contribution in [2.75, 3.05) is 19.5 Å². The first-order chi connectivity index (χ1) is 9.74. The zero-order valence-corrected chi connectivity index (χ0v) is 12.1. The van der Waals surface area contributed by atoms with E-state index in [-0.39, 0.29) is 5.78 Å². The monoisotopic (exact) mass is 275 g/mol. The van der Waals surface area contributed by atoms with Crippen molar-refractivity contribution < 1.29 is 14.3 Å². The molecule has 0 saturated heterocycles. The number of ether oxygens (including phenoxy) is 2. The first-order valence-corrected chi connectivity index (χ1v) is 6.95. The molecule has 1 fully saturated rings. The van der Waals surface area contributed by atoms with Crippen LogP contribution in [0.4, 0.5) is 5.69 Å². The average Bonchev–Trinajstić information content (AvgIpc) is 2.69. The van der Waals surface area contributed by atoms with Crippen molar-refractivity contribution in [1.82, 2.24) is 0 Å². The minimum absolute atomic E-state index is 0.252. The smallest absolute Gasteiger partial charge is 0.160 e. The van der Waals surface area contributed by atoms with Crippen molar-refractivity contribution in [3.05, 3.63) is 30.0 Å². The lowest BCUT2D eigenvalue weighted by atomic mass is 10.1. The van der Waals surface area contributed by atoms with Gasteiger partial charge >= 0.3 is 0 Å². The minimum atomic E-state index is 0.252. The molecule has 0 radical (unpaired) electrons. The molecule has 0 spiro atoms. The Morgan fingerprint density at radius 1 is 1.10 bits per heavy atom. The first-order valence-electron chi connectivity index (χ1n) is 6.95. The summed E-state index contributed by atoms with van der Waals surface area (Å²) in [5.74, 6) is 1.69. The van der Waals surface area contributed by atoms with E-state index in [4.69, 9.17) is 9.47 Å². The van der Waals surface area contributed by atoms with E-state index >= 15 is 0 Å². The molecular weight excluding hydrogens is 254 g/mol. The van der Waals surface area contributed by atoms with Crippen LogP contribution in [0.25, 0.3) is 0 Å². The second-order valence-electron chi connectivity index (χ2n) is 4.86. The fourth-order valence-electron chi connectivity index (χ4n) is 2.31. The van der Waals surface area contributed by atoms with Gasteiger partial charge in [0.1, 0.15) is 11.5 Å². The Labute approximate surface area is 119 Å². The summed E-state index contributed by atoms with van der Waals surface area (Å²) in [6, 6.07) is 5.56. The van der Waals surface area contributed by atoms with Crippen LogP contribution in [0.15, 0.2) is 30.0 Å². The summed E-state index contributed by atoms with van der Waals surface area (Å²) in [6.45, 7) is 0. The summed E-state index contributed by atoms with van der Waals surface area (Å²) in [7, 11) is 3.23. The van der Waals surface area contributed by atoms with Crippen molar-refractivity contribution >= 4 is 11.5 Å². The Morgan fingerprint density at radius 3 is 2.65 bits per heavy atom. The summed E-state index contributed by atoms with van der Waals surface area (Å²) in [4.78, 5) is 11.9. The lowest BCUT2D eigenvalue weighted by Crippen LogP contribution is -2.03. The number of methoxy groups -OCH3 is 2. The third kappa shape index (κ3) is 3.53. The highest BCUT2D eigenvalue weighted by molar-refractivity contribution is 5.95. The van der Waals surface area contributed by atoms with Gasteiger partial charge in [-0.25, -0.2) is 0 Å². The van der Waals surface area contributed by atoms with Gasteiger partial charge < -0.3 is 14.8 Å². The van der Waals surface area contributed by atoms with Gasteiger partial charge in [-0.15, -0.1) is 0 Å². The molecule has 0 heterocycles. The van der Waals surface area contributed by atoms with E-state index in [1.165, 1.54) is 0 Å². The van der Waals surface area contributed by atoms with Gasteiger partial charge in [-0.05, 0) is 31.4 Å². The number of rotatable bonds is 4. The number of ketones is 1. The number of anilines is 1. The fourth-order valence-corrected chi connectivity index (χ4v) is 2.31. The van der Waals surface area contributed by atoms with Crippen LogP contribution < -0.4 is 14.8 Å². The van der Waals surface area contributed by atoms with Crippen LogP contribution in [0.3, 0.4) is 0 Å². The van der Waals surface area contributed by atoms with Crippen LogP contribution in [-0.2, 0) is 4.79 Å². The molecule has 0 aromatic heterocycles. The van der Waals surface area contributed by atoms with Gasteiger partial charge in [-0.2, -0.15) is 0 Å². The van der Waals surface area contributed by atoms with Crippen molar-refractivity contribution in [1.29, 1.82) is 0 Å². The molecule has 1 saturated carbocycles. The minimum Gasteiger partial charge on any atom is -0.497 e. The summed E-state index contributed by atoms with van der Waals surface area (Å²) >= 11 is 0. The molecule has 1 aliphatic carbocycles. The highest BCUT2D eigenvalue weighted by atomic mass is 16.5. The van der Waals surface area contributed by atoms with Gasteiger partial charge in [0.15, 0.2) is 5.78 Å². The molecule has 1 aromatic rings. The van der Waals surface area contributed by atoms with Gasteiger partial charge in [-0.3, -0.25) is 4.79 Å². The van der Waals surface area contributed by atoms with Crippen molar-refractivity contribution in [2.24, 2.45) is 0 Å². The maximum Gasteiger partial charge on any atom is 0.160 e. The lowest BCUT2D eigenvalue weighted by Gasteiger charge is -2.11. The molecule has 20 heavy (non-hydrogen) atoms. The number of hydrogen-bond donors (Lipinski definition) is 1. The second kappa shape index (κ2) is 6.98. The van der Waals surface area contributed by atoms with Crippen molar-refractivity contribution in [3.63, 3.8) is 0 Å². The van der Waals surface area contributed by atoms with E-state index in [1.807, 2.05) is 24.4 Å². The zero-order chi connectivity index (χ0) is 14.4. The van der Waals surface area contributed by atoms with Gasteiger partial charge in [0.2, 0.25) is 0 Å². The molecule has 2 rings (SSSR count). The summed E-state index contributed by atoms with van der Waals surface area (Å²) in [5, 5.41) is 3.18. The molecule has 1 aliphatic rings. The Kier molecular flexibility index (Phi) is 5.04. The van der Waals surface area contributed by atoms with E-state index in [0.717, 1.165) is 42.7 Å². The lowest BCUT2D eigenvalue weighted by molar-refractivity contribution is -0.115. The van der Waals surface area contributed by atoms with Gasteiger partial charge in [0.05, 0.1) is 19.9 Å². The standard InChI is InChI=1S/C16H21NO3/c1-19-13-8-9-14(16(10-13)20-2)17-11-12-6-4-3-5-7-15(12)18/h8-11,17H,3-7H2,1-2H3/b12-11+. The van der Waals surface area contributed by atoms with E-state index in [1.54, 1.807) is 14.2 Å². The van der Waals surface area contributed by atoms with Crippen LogP contribution in [0.1, 0.15) is 32.1 Å². The third-order valence-corrected chi connectivity index (χ3v) is 3.52. The number of hydrogen-bond acceptors (Lipinski definition) is 4. The Balaban J connectivity index is 2.14. The topological polar surface area (TPSA) is 47.6 Å². The number of allylic oxidation sites excluding steroid dienone is 1. The van der Waals surface area contributed by atoms with E-state index < -0.39 is 0 Å². The number of benzene rings is 1. The van der Waals surface area contributed by atoms with Gasteiger partial charge in [0, 0.05) is 24.3 Å². The molecule has 1 N–H and O–H groups in total. The van der Waals surface area contributed by atoms with E-state index in [0.29, 0.717) is 12.2 Å². The largest absolute Gasteiger partial charge is 0.497 e. The van der Waals surface area contributed by atoms with E-state index in [2.05, 4.69) is 5.32 Å². The summed E-state index contributed by atoms with van der Waals surface area (Å²) < 4.78 is 10.5. The fraction of sp³-hybridized carbons (Fsp3) is 0.438. The average molecular weight is 275 g/mol. The van der Waals surface area contributed by atoms with Gasteiger partial charge in [0.25, 0.3) is 0 Å². The molecule has 4 nitrogen and oxygen atoms in total. The van der Waals surface area contributed by atoms with Crippen LogP contribution in [0, 0.1) is 0 Å². The molecule has 1 aromatic carbocycles.